The molecular formula is C64H39NO. The molecule has 11 aromatic carbocycles. The lowest BCUT2D eigenvalue weighted by atomic mass is 9.66. The average molecular weight is 838 g/mol. The van der Waals surface area contributed by atoms with Crippen molar-refractivity contribution in [3.63, 3.8) is 0 Å². The van der Waals surface area contributed by atoms with Crippen molar-refractivity contribution in [2.75, 3.05) is 0 Å². The van der Waals surface area contributed by atoms with E-state index in [0.29, 0.717) is 0 Å². The summed E-state index contributed by atoms with van der Waals surface area (Å²) >= 11 is 0. The van der Waals surface area contributed by atoms with Crippen LogP contribution in [-0.2, 0) is 5.41 Å². The van der Waals surface area contributed by atoms with E-state index in [4.69, 9.17) is 9.72 Å². The fraction of sp³-hybridized carbons (Fsp3) is 0.0156. The largest absolute Gasteiger partial charge is 0.457 e. The zero-order valence-electron chi connectivity index (χ0n) is 35.9. The molecule has 0 fully saturated rings. The van der Waals surface area contributed by atoms with E-state index in [-0.39, 0.29) is 0 Å². The Labute approximate surface area is 382 Å². The molecule has 1 aromatic heterocycles. The minimum Gasteiger partial charge on any atom is -0.457 e. The van der Waals surface area contributed by atoms with E-state index in [0.717, 1.165) is 55.7 Å². The molecule has 306 valence electrons. The maximum Gasteiger partial charge on any atom is 0.132 e. The lowest BCUT2D eigenvalue weighted by Crippen LogP contribution is -2.32. The number of hydrogen-bond donors (Lipinski definition) is 0. The van der Waals surface area contributed by atoms with Crippen molar-refractivity contribution in [1.82, 2.24) is 4.98 Å². The van der Waals surface area contributed by atoms with E-state index < -0.39 is 5.41 Å². The molecule has 1 aliphatic heterocycles. The van der Waals surface area contributed by atoms with Crippen LogP contribution in [0.4, 0.5) is 0 Å². The van der Waals surface area contributed by atoms with Crippen molar-refractivity contribution >= 4 is 43.2 Å². The number of rotatable bonds is 4. The Hall–Kier alpha value is -8.59. The van der Waals surface area contributed by atoms with Gasteiger partial charge in [-0.25, -0.2) is 4.98 Å². The number of benzene rings is 11. The van der Waals surface area contributed by atoms with Gasteiger partial charge in [-0.15, -0.1) is 0 Å². The minimum absolute atomic E-state index is 0.574. The fourth-order valence-corrected chi connectivity index (χ4v) is 11.6. The summed E-state index contributed by atoms with van der Waals surface area (Å²) in [4.78, 5) is 5.66. The third-order valence-electron chi connectivity index (χ3n) is 14.3. The van der Waals surface area contributed by atoms with Gasteiger partial charge in [-0.1, -0.05) is 218 Å². The van der Waals surface area contributed by atoms with Crippen LogP contribution < -0.4 is 4.74 Å². The molecule has 0 N–H and O–H groups in total. The number of aromatic nitrogens is 1. The normalized spacial score (nSPS) is 13.1. The van der Waals surface area contributed by atoms with Crippen LogP contribution in [-0.4, -0.2) is 4.98 Å². The number of fused-ring (bicyclic) bond motifs is 15. The minimum atomic E-state index is -0.574. The molecule has 0 unspecified atom stereocenters. The Kier molecular flexibility index (Phi) is 7.93. The van der Waals surface area contributed by atoms with Crippen LogP contribution in [0.15, 0.2) is 237 Å². The van der Waals surface area contributed by atoms with Crippen LogP contribution >= 0.6 is 0 Å². The van der Waals surface area contributed by atoms with E-state index in [1.807, 2.05) is 0 Å². The first-order valence-electron chi connectivity index (χ1n) is 22.8. The second kappa shape index (κ2) is 14.2. The van der Waals surface area contributed by atoms with E-state index >= 15 is 0 Å². The summed E-state index contributed by atoms with van der Waals surface area (Å²) < 4.78 is 6.69. The Bertz CT molecular complexity index is 3840. The molecular weight excluding hydrogens is 799 g/mol. The molecule has 0 bridgehead atoms. The predicted molar refractivity (Wildman–Crippen MR) is 273 cm³/mol. The van der Waals surface area contributed by atoms with Crippen LogP contribution in [0.3, 0.4) is 0 Å². The first-order valence-corrected chi connectivity index (χ1v) is 22.8. The molecule has 66 heavy (non-hydrogen) atoms. The maximum atomic E-state index is 6.69. The van der Waals surface area contributed by atoms with Crippen LogP contribution in [0.5, 0.6) is 11.5 Å². The summed E-state index contributed by atoms with van der Waals surface area (Å²) in [6.07, 6.45) is 0. The number of para-hydroxylation sites is 2. The zero-order valence-corrected chi connectivity index (χ0v) is 35.9. The summed E-state index contributed by atoms with van der Waals surface area (Å²) in [7, 11) is 0. The van der Waals surface area contributed by atoms with Crippen molar-refractivity contribution in [3.8, 4) is 67.3 Å². The zero-order chi connectivity index (χ0) is 43.3. The third-order valence-corrected chi connectivity index (χ3v) is 14.3. The lowest BCUT2D eigenvalue weighted by molar-refractivity contribution is 0.436. The van der Waals surface area contributed by atoms with E-state index in [9.17, 15) is 0 Å². The molecule has 2 heterocycles. The molecule has 14 rings (SSSR count). The Morgan fingerprint density at radius 2 is 0.773 bits per heavy atom. The van der Waals surface area contributed by atoms with Crippen molar-refractivity contribution in [2.24, 2.45) is 0 Å². The number of pyridine rings is 1. The molecule has 12 aromatic rings. The molecule has 0 saturated carbocycles. The highest BCUT2D eigenvalue weighted by Crippen LogP contribution is 2.63. The standard InChI is InChI=1S/C64H39NO/c1-3-17-40(18-4-1)41-31-33-42(34-32-41)59-45-21-7-9-23-47(45)60(48-24-10-8-22-46(48)59)44-35-36-50-56(39-44)65-63(43-19-5-2-6-20-43)51-37-38-55-62(61(50)51)49-25-11-12-26-52(49)64(55)53-27-13-15-29-57(53)66-58-30-16-14-28-54(58)64/h1-39H. The molecule has 0 atom stereocenters. The second-order valence-corrected chi connectivity index (χ2v) is 17.6. The topological polar surface area (TPSA) is 22.1 Å². The van der Waals surface area contributed by atoms with E-state index in [2.05, 4.69) is 237 Å². The summed E-state index contributed by atoms with van der Waals surface area (Å²) in [6.45, 7) is 0. The molecule has 2 aliphatic rings. The molecule has 0 amide bonds. The van der Waals surface area contributed by atoms with Crippen LogP contribution in [0.1, 0.15) is 22.3 Å². The van der Waals surface area contributed by atoms with E-state index in [1.54, 1.807) is 0 Å². The third kappa shape index (κ3) is 5.15. The summed E-state index contributed by atoms with van der Waals surface area (Å²) in [5.41, 5.74) is 17.1. The highest BCUT2D eigenvalue weighted by Gasteiger charge is 2.51. The summed E-state index contributed by atoms with van der Waals surface area (Å²) in [6, 6.07) is 86.2. The van der Waals surface area contributed by atoms with Gasteiger partial charge < -0.3 is 4.74 Å². The second-order valence-electron chi connectivity index (χ2n) is 17.6. The average Bonchev–Trinajstić information content (AvgIpc) is 3.68. The molecule has 1 aliphatic carbocycles. The lowest BCUT2D eigenvalue weighted by Gasteiger charge is -2.39. The smallest absolute Gasteiger partial charge is 0.132 e. The quantitative estimate of drug-likeness (QED) is 0.130. The molecule has 0 saturated heterocycles. The van der Waals surface area contributed by atoms with Gasteiger partial charge in [0.1, 0.15) is 11.5 Å². The van der Waals surface area contributed by atoms with Gasteiger partial charge in [0, 0.05) is 32.8 Å². The Morgan fingerprint density at radius 3 is 1.41 bits per heavy atom. The monoisotopic (exact) mass is 837 g/mol. The molecule has 2 nitrogen and oxygen atoms in total. The first-order chi connectivity index (χ1) is 32.8. The number of nitrogens with zero attached hydrogens (tertiary/aromatic N) is 1. The number of ether oxygens (including phenoxy) is 1. The first kappa shape index (κ1) is 36.8. The van der Waals surface area contributed by atoms with Crippen molar-refractivity contribution in [2.45, 2.75) is 5.41 Å². The van der Waals surface area contributed by atoms with Gasteiger partial charge in [0.2, 0.25) is 0 Å². The fourth-order valence-electron chi connectivity index (χ4n) is 11.6. The Balaban J connectivity index is 1.05. The summed E-state index contributed by atoms with van der Waals surface area (Å²) in [5.74, 6) is 1.78. The van der Waals surface area contributed by atoms with Gasteiger partial charge in [0.15, 0.2) is 0 Å². The highest BCUT2D eigenvalue weighted by molar-refractivity contribution is 6.24. The SMILES string of the molecule is c1ccc(-c2ccc(-c3c4ccccc4c(-c4ccc5c(c4)nc(-c4ccccc4)c4ccc6c(c45)-c4ccccc4C64c5ccccc5Oc5ccccc54)c4ccccc34)cc2)cc1. The summed E-state index contributed by atoms with van der Waals surface area (Å²) in [5, 5.41) is 8.39. The van der Waals surface area contributed by atoms with Crippen LogP contribution in [0, 0.1) is 0 Å². The van der Waals surface area contributed by atoms with Gasteiger partial charge in [-0.05, 0) is 95.4 Å². The van der Waals surface area contributed by atoms with Crippen LogP contribution in [0.25, 0.3) is 99.0 Å². The van der Waals surface area contributed by atoms with Gasteiger partial charge in [-0.2, -0.15) is 0 Å². The van der Waals surface area contributed by atoms with Crippen LogP contribution in [0.2, 0.25) is 0 Å². The highest BCUT2D eigenvalue weighted by atomic mass is 16.5. The van der Waals surface area contributed by atoms with Gasteiger partial charge >= 0.3 is 0 Å². The molecule has 2 heteroatoms. The maximum absolute atomic E-state index is 6.69. The molecule has 0 radical (unpaired) electrons. The van der Waals surface area contributed by atoms with Gasteiger partial charge in [-0.3, -0.25) is 0 Å². The Morgan fingerprint density at radius 1 is 0.303 bits per heavy atom. The molecule has 1 spiro atoms. The number of hydrogen-bond acceptors (Lipinski definition) is 2. The van der Waals surface area contributed by atoms with Gasteiger partial charge in [0.25, 0.3) is 0 Å². The van der Waals surface area contributed by atoms with Crippen molar-refractivity contribution in [1.29, 1.82) is 0 Å². The van der Waals surface area contributed by atoms with E-state index in [1.165, 1.54) is 77.0 Å². The van der Waals surface area contributed by atoms with Crippen molar-refractivity contribution in [3.05, 3.63) is 259 Å². The van der Waals surface area contributed by atoms with Gasteiger partial charge in [0.05, 0.1) is 16.6 Å². The van der Waals surface area contributed by atoms with Crippen molar-refractivity contribution < 1.29 is 4.74 Å². The predicted octanol–water partition coefficient (Wildman–Crippen LogP) is 16.8.